The highest BCUT2D eigenvalue weighted by Gasteiger charge is 2.04. The van der Waals surface area contributed by atoms with Gasteiger partial charge >= 0.3 is 5.97 Å². The molecule has 7 heteroatoms. The van der Waals surface area contributed by atoms with Crippen molar-refractivity contribution >= 4 is 17.6 Å². The number of aryl methyl sites for hydroxylation is 1. The van der Waals surface area contributed by atoms with Crippen LogP contribution in [0.4, 0.5) is 5.69 Å². The Kier molecular flexibility index (Phi) is 4.43. The van der Waals surface area contributed by atoms with E-state index in [9.17, 15) is 9.59 Å². The number of carboxylic acid groups (broad SMARTS) is 1. The SMILES string of the molecule is O=C(O)CCc1ccc(NC(=O)Cn2ccnn2)cc1. The summed E-state index contributed by atoms with van der Waals surface area (Å²) in [6.45, 7) is 0.0980. The number of nitrogens with zero attached hydrogens (tertiary/aromatic N) is 3. The molecule has 1 amide bonds. The van der Waals surface area contributed by atoms with Crippen LogP contribution >= 0.6 is 0 Å². The summed E-state index contributed by atoms with van der Waals surface area (Å²) < 4.78 is 1.43. The monoisotopic (exact) mass is 274 g/mol. The average molecular weight is 274 g/mol. The molecule has 0 spiro atoms. The Bertz CT molecular complexity index is 578. The second kappa shape index (κ2) is 6.46. The minimum Gasteiger partial charge on any atom is -0.481 e. The van der Waals surface area contributed by atoms with Gasteiger partial charge in [0, 0.05) is 18.3 Å². The first kappa shape index (κ1) is 13.7. The lowest BCUT2D eigenvalue weighted by molar-refractivity contribution is -0.137. The number of carboxylic acids is 1. The van der Waals surface area contributed by atoms with Crippen LogP contribution in [-0.4, -0.2) is 32.0 Å². The average Bonchev–Trinajstić information content (AvgIpc) is 2.90. The maximum Gasteiger partial charge on any atom is 0.303 e. The highest BCUT2D eigenvalue weighted by Crippen LogP contribution is 2.11. The van der Waals surface area contributed by atoms with E-state index >= 15 is 0 Å². The Morgan fingerprint density at radius 3 is 2.60 bits per heavy atom. The fourth-order valence-corrected chi connectivity index (χ4v) is 1.67. The number of amides is 1. The number of anilines is 1. The van der Waals surface area contributed by atoms with Crippen molar-refractivity contribution in [3.63, 3.8) is 0 Å². The second-order valence-corrected chi connectivity index (χ2v) is 4.24. The molecule has 20 heavy (non-hydrogen) atoms. The maximum absolute atomic E-state index is 11.7. The molecule has 104 valence electrons. The van der Waals surface area contributed by atoms with E-state index in [0.717, 1.165) is 5.56 Å². The van der Waals surface area contributed by atoms with Crippen molar-refractivity contribution in [2.75, 3.05) is 5.32 Å². The number of carbonyl (C=O) groups excluding carboxylic acids is 1. The molecular formula is C13H14N4O3. The summed E-state index contributed by atoms with van der Waals surface area (Å²) in [5.74, 6) is -1.02. The van der Waals surface area contributed by atoms with Gasteiger partial charge in [-0.25, -0.2) is 4.68 Å². The Morgan fingerprint density at radius 1 is 1.25 bits per heavy atom. The van der Waals surface area contributed by atoms with E-state index in [2.05, 4.69) is 15.6 Å². The molecule has 0 saturated heterocycles. The van der Waals surface area contributed by atoms with Crippen LogP contribution in [-0.2, 0) is 22.6 Å². The molecule has 0 fully saturated rings. The van der Waals surface area contributed by atoms with Crippen molar-refractivity contribution in [2.45, 2.75) is 19.4 Å². The van der Waals surface area contributed by atoms with Crippen LogP contribution in [0.15, 0.2) is 36.7 Å². The van der Waals surface area contributed by atoms with Gasteiger partial charge in [-0.05, 0) is 24.1 Å². The molecule has 0 aliphatic rings. The molecule has 1 heterocycles. The van der Waals surface area contributed by atoms with Crippen molar-refractivity contribution in [3.8, 4) is 0 Å². The van der Waals surface area contributed by atoms with Crippen LogP contribution in [0.3, 0.4) is 0 Å². The molecule has 0 saturated carbocycles. The predicted molar refractivity (Wildman–Crippen MR) is 71.1 cm³/mol. The first-order chi connectivity index (χ1) is 9.63. The van der Waals surface area contributed by atoms with E-state index < -0.39 is 5.97 Å². The zero-order chi connectivity index (χ0) is 14.4. The zero-order valence-corrected chi connectivity index (χ0v) is 10.7. The minimum absolute atomic E-state index is 0.0952. The molecule has 0 aliphatic carbocycles. The van der Waals surface area contributed by atoms with Crippen molar-refractivity contribution in [3.05, 3.63) is 42.2 Å². The van der Waals surface area contributed by atoms with Crippen LogP contribution in [0.5, 0.6) is 0 Å². The van der Waals surface area contributed by atoms with E-state index in [1.807, 2.05) is 0 Å². The molecular weight excluding hydrogens is 260 g/mol. The molecule has 1 aromatic carbocycles. The summed E-state index contributed by atoms with van der Waals surface area (Å²) >= 11 is 0. The second-order valence-electron chi connectivity index (χ2n) is 4.24. The normalized spacial score (nSPS) is 10.2. The fourth-order valence-electron chi connectivity index (χ4n) is 1.67. The smallest absolute Gasteiger partial charge is 0.303 e. The minimum atomic E-state index is -0.824. The van der Waals surface area contributed by atoms with Gasteiger partial charge in [-0.15, -0.1) is 5.10 Å². The Labute approximate surface area is 115 Å². The largest absolute Gasteiger partial charge is 0.481 e. The fraction of sp³-hybridized carbons (Fsp3) is 0.231. The number of rotatable bonds is 6. The van der Waals surface area contributed by atoms with Crippen LogP contribution < -0.4 is 5.32 Å². The number of aliphatic carboxylic acids is 1. The molecule has 1 aromatic heterocycles. The number of benzene rings is 1. The number of hydrogen-bond donors (Lipinski definition) is 2. The standard InChI is InChI=1S/C13H14N4O3/c18-12(9-17-8-7-14-16-17)15-11-4-1-10(2-5-11)3-6-13(19)20/h1-2,4-5,7-8H,3,6,9H2,(H,15,18)(H,19,20). The molecule has 0 radical (unpaired) electrons. The van der Waals surface area contributed by atoms with E-state index in [4.69, 9.17) is 5.11 Å². The van der Waals surface area contributed by atoms with Gasteiger partial charge in [0.1, 0.15) is 6.54 Å². The van der Waals surface area contributed by atoms with E-state index in [1.54, 1.807) is 30.5 Å². The van der Waals surface area contributed by atoms with Gasteiger partial charge in [0.2, 0.25) is 5.91 Å². The molecule has 0 bridgehead atoms. The van der Waals surface area contributed by atoms with Crippen molar-refractivity contribution in [1.82, 2.24) is 15.0 Å². The third-order valence-corrected chi connectivity index (χ3v) is 2.64. The van der Waals surface area contributed by atoms with Crippen molar-refractivity contribution < 1.29 is 14.7 Å². The summed E-state index contributed by atoms with van der Waals surface area (Å²) in [4.78, 5) is 22.2. The lowest BCUT2D eigenvalue weighted by atomic mass is 10.1. The van der Waals surface area contributed by atoms with Gasteiger partial charge in [-0.1, -0.05) is 17.3 Å². The number of nitrogens with one attached hydrogen (secondary N) is 1. The molecule has 0 aliphatic heterocycles. The highest BCUT2D eigenvalue weighted by molar-refractivity contribution is 5.90. The third-order valence-electron chi connectivity index (χ3n) is 2.64. The third kappa shape index (κ3) is 4.20. The first-order valence-corrected chi connectivity index (χ1v) is 6.08. The van der Waals surface area contributed by atoms with Crippen molar-refractivity contribution in [2.24, 2.45) is 0 Å². The Balaban J connectivity index is 1.86. The molecule has 0 unspecified atom stereocenters. The summed E-state index contributed by atoms with van der Waals surface area (Å²) in [6.07, 6.45) is 3.68. The van der Waals surface area contributed by atoms with Gasteiger partial charge in [-0.3, -0.25) is 9.59 Å². The summed E-state index contributed by atoms with van der Waals surface area (Å²) in [5.41, 5.74) is 1.58. The zero-order valence-electron chi connectivity index (χ0n) is 10.7. The van der Waals surface area contributed by atoms with Crippen LogP contribution in [0.1, 0.15) is 12.0 Å². The van der Waals surface area contributed by atoms with Crippen LogP contribution in [0, 0.1) is 0 Å². The topological polar surface area (TPSA) is 97.1 Å². The molecule has 7 nitrogen and oxygen atoms in total. The highest BCUT2D eigenvalue weighted by atomic mass is 16.4. The summed E-state index contributed by atoms with van der Waals surface area (Å²) in [7, 11) is 0. The Hall–Kier alpha value is -2.70. The van der Waals surface area contributed by atoms with Crippen molar-refractivity contribution in [1.29, 1.82) is 0 Å². The molecule has 2 aromatic rings. The number of carbonyl (C=O) groups is 2. The lowest BCUT2D eigenvalue weighted by Gasteiger charge is -2.06. The van der Waals surface area contributed by atoms with Gasteiger partial charge in [0.15, 0.2) is 0 Å². The maximum atomic E-state index is 11.7. The van der Waals surface area contributed by atoms with E-state index in [0.29, 0.717) is 12.1 Å². The van der Waals surface area contributed by atoms with Crippen LogP contribution in [0.2, 0.25) is 0 Å². The molecule has 2 N–H and O–H groups in total. The lowest BCUT2D eigenvalue weighted by Crippen LogP contribution is -2.19. The quantitative estimate of drug-likeness (QED) is 0.816. The van der Waals surface area contributed by atoms with Gasteiger partial charge < -0.3 is 10.4 Å². The van der Waals surface area contributed by atoms with Crippen LogP contribution in [0.25, 0.3) is 0 Å². The number of aromatic nitrogens is 3. The first-order valence-electron chi connectivity index (χ1n) is 6.08. The van der Waals surface area contributed by atoms with Gasteiger partial charge in [-0.2, -0.15) is 0 Å². The van der Waals surface area contributed by atoms with Gasteiger partial charge in [0.05, 0.1) is 6.20 Å². The molecule has 2 rings (SSSR count). The van der Waals surface area contributed by atoms with E-state index in [1.165, 1.54) is 10.9 Å². The summed E-state index contributed by atoms with van der Waals surface area (Å²) in [5, 5.41) is 18.6. The Morgan fingerprint density at radius 2 is 2.00 bits per heavy atom. The summed E-state index contributed by atoms with van der Waals surface area (Å²) in [6, 6.07) is 7.09. The van der Waals surface area contributed by atoms with Gasteiger partial charge in [0.25, 0.3) is 0 Å². The number of hydrogen-bond acceptors (Lipinski definition) is 4. The predicted octanol–water partition coefficient (Wildman–Crippen LogP) is 0.934. The van der Waals surface area contributed by atoms with E-state index in [-0.39, 0.29) is 18.9 Å². The molecule has 0 atom stereocenters.